The SMILES string of the molecule is CC(C)(C)OC(=O)NCCC1CCCN(C2CC2)C1. The molecule has 2 rings (SSSR count). The van der Waals surface area contributed by atoms with E-state index in [1.54, 1.807) is 0 Å². The van der Waals surface area contributed by atoms with Gasteiger partial charge in [-0.25, -0.2) is 4.79 Å². The molecule has 1 saturated carbocycles. The lowest BCUT2D eigenvalue weighted by Gasteiger charge is -2.32. The molecule has 4 nitrogen and oxygen atoms in total. The topological polar surface area (TPSA) is 41.6 Å². The van der Waals surface area contributed by atoms with Gasteiger partial charge in [0.15, 0.2) is 0 Å². The number of hydrogen-bond donors (Lipinski definition) is 1. The van der Waals surface area contributed by atoms with Crippen LogP contribution in [0.25, 0.3) is 0 Å². The number of hydrogen-bond acceptors (Lipinski definition) is 3. The molecule has 1 heterocycles. The summed E-state index contributed by atoms with van der Waals surface area (Å²) in [5, 5.41) is 2.87. The van der Waals surface area contributed by atoms with E-state index in [1.165, 1.54) is 38.8 Å². The molecule has 1 amide bonds. The maximum absolute atomic E-state index is 11.5. The van der Waals surface area contributed by atoms with Crippen LogP contribution in [-0.4, -0.2) is 42.3 Å². The summed E-state index contributed by atoms with van der Waals surface area (Å²) in [5.41, 5.74) is -0.405. The van der Waals surface area contributed by atoms with Gasteiger partial charge in [-0.15, -0.1) is 0 Å². The molecule has 0 bridgehead atoms. The van der Waals surface area contributed by atoms with Crippen molar-refractivity contribution in [2.24, 2.45) is 5.92 Å². The Morgan fingerprint density at radius 2 is 2.05 bits per heavy atom. The first kappa shape index (κ1) is 14.6. The Morgan fingerprint density at radius 1 is 1.32 bits per heavy atom. The number of ether oxygens (including phenoxy) is 1. The highest BCUT2D eigenvalue weighted by molar-refractivity contribution is 5.67. The van der Waals surface area contributed by atoms with Crippen LogP contribution in [0.5, 0.6) is 0 Å². The molecule has 2 fully saturated rings. The van der Waals surface area contributed by atoms with Gasteiger partial charge >= 0.3 is 6.09 Å². The summed E-state index contributed by atoms with van der Waals surface area (Å²) in [4.78, 5) is 14.2. The number of carbonyl (C=O) groups is 1. The Labute approximate surface area is 116 Å². The zero-order valence-electron chi connectivity index (χ0n) is 12.6. The number of amides is 1. The Morgan fingerprint density at radius 3 is 2.68 bits per heavy atom. The van der Waals surface area contributed by atoms with Crippen LogP contribution >= 0.6 is 0 Å². The molecular weight excluding hydrogens is 240 g/mol. The van der Waals surface area contributed by atoms with E-state index in [4.69, 9.17) is 4.74 Å². The standard InChI is InChI=1S/C15H28N2O2/c1-15(2,3)19-14(18)16-9-8-12-5-4-10-17(11-12)13-6-7-13/h12-13H,4-11H2,1-3H3,(H,16,18). The number of alkyl carbamates (subject to hydrolysis) is 1. The molecule has 1 unspecified atom stereocenters. The van der Waals surface area contributed by atoms with Gasteiger partial charge in [-0.1, -0.05) is 0 Å². The summed E-state index contributed by atoms with van der Waals surface area (Å²) < 4.78 is 5.24. The Kier molecular flexibility index (Phi) is 4.71. The first-order chi connectivity index (χ1) is 8.94. The van der Waals surface area contributed by atoms with Crippen LogP contribution in [0.4, 0.5) is 4.79 Å². The zero-order valence-corrected chi connectivity index (χ0v) is 12.6. The van der Waals surface area contributed by atoms with Gasteiger partial charge in [-0.2, -0.15) is 0 Å². The van der Waals surface area contributed by atoms with Crippen molar-refractivity contribution in [2.45, 2.75) is 64.5 Å². The van der Waals surface area contributed by atoms with Gasteiger partial charge in [0, 0.05) is 19.1 Å². The van der Waals surface area contributed by atoms with Gasteiger partial charge in [0.1, 0.15) is 5.60 Å². The third-order valence-electron chi connectivity index (χ3n) is 3.83. The molecule has 4 heteroatoms. The monoisotopic (exact) mass is 268 g/mol. The second kappa shape index (κ2) is 6.12. The number of piperidine rings is 1. The largest absolute Gasteiger partial charge is 0.444 e. The minimum atomic E-state index is -0.405. The van der Waals surface area contributed by atoms with Gasteiger partial charge in [0.2, 0.25) is 0 Å². The van der Waals surface area contributed by atoms with Crippen molar-refractivity contribution in [3.05, 3.63) is 0 Å². The third-order valence-corrected chi connectivity index (χ3v) is 3.83. The first-order valence-corrected chi connectivity index (χ1v) is 7.65. The smallest absolute Gasteiger partial charge is 0.407 e. The number of carbonyl (C=O) groups excluding carboxylic acids is 1. The highest BCUT2D eigenvalue weighted by Gasteiger charge is 2.32. The molecular formula is C15H28N2O2. The average Bonchev–Trinajstić information content (AvgIpc) is 3.10. The van der Waals surface area contributed by atoms with Crippen LogP contribution in [-0.2, 0) is 4.74 Å². The Hall–Kier alpha value is -0.770. The van der Waals surface area contributed by atoms with Crippen LogP contribution in [0.3, 0.4) is 0 Å². The molecule has 1 atom stereocenters. The molecule has 19 heavy (non-hydrogen) atoms. The maximum Gasteiger partial charge on any atom is 0.407 e. The van der Waals surface area contributed by atoms with Gasteiger partial charge in [0.05, 0.1) is 0 Å². The maximum atomic E-state index is 11.5. The zero-order chi connectivity index (χ0) is 13.9. The molecule has 1 aliphatic heterocycles. The Bertz CT molecular complexity index is 308. The van der Waals surface area contributed by atoms with Gasteiger partial charge in [0.25, 0.3) is 0 Å². The first-order valence-electron chi connectivity index (χ1n) is 7.65. The van der Waals surface area contributed by atoms with E-state index in [2.05, 4.69) is 10.2 Å². The number of nitrogens with zero attached hydrogens (tertiary/aromatic N) is 1. The molecule has 2 aliphatic rings. The van der Waals surface area contributed by atoms with E-state index in [1.807, 2.05) is 20.8 Å². The molecule has 0 radical (unpaired) electrons. The summed E-state index contributed by atoms with van der Waals surface area (Å²) in [6, 6.07) is 0.876. The fourth-order valence-corrected chi connectivity index (χ4v) is 2.80. The van der Waals surface area contributed by atoms with Crippen LogP contribution in [0.15, 0.2) is 0 Å². The number of rotatable bonds is 4. The second-order valence-electron chi connectivity index (χ2n) is 6.95. The molecule has 1 aliphatic carbocycles. The third kappa shape index (κ3) is 5.39. The summed E-state index contributed by atoms with van der Waals surface area (Å²) in [6.45, 7) is 8.91. The van der Waals surface area contributed by atoms with E-state index < -0.39 is 5.60 Å². The predicted molar refractivity (Wildman–Crippen MR) is 76.2 cm³/mol. The quantitative estimate of drug-likeness (QED) is 0.852. The number of nitrogens with one attached hydrogen (secondary N) is 1. The van der Waals surface area contributed by atoms with Crippen molar-refractivity contribution in [3.63, 3.8) is 0 Å². The average molecular weight is 268 g/mol. The summed E-state index contributed by atoms with van der Waals surface area (Å²) in [6.07, 6.45) is 6.18. The molecule has 1 N–H and O–H groups in total. The van der Waals surface area contributed by atoms with Crippen molar-refractivity contribution >= 4 is 6.09 Å². The fourth-order valence-electron chi connectivity index (χ4n) is 2.80. The lowest BCUT2D eigenvalue weighted by molar-refractivity contribution is 0.0521. The molecule has 0 spiro atoms. The van der Waals surface area contributed by atoms with E-state index in [0.29, 0.717) is 0 Å². The molecule has 110 valence electrons. The van der Waals surface area contributed by atoms with Crippen molar-refractivity contribution in [1.29, 1.82) is 0 Å². The summed E-state index contributed by atoms with van der Waals surface area (Å²) in [7, 11) is 0. The predicted octanol–water partition coefficient (Wildman–Crippen LogP) is 2.78. The summed E-state index contributed by atoms with van der Waals surface area (Å²) >= 11 is 0. The van der Waals surface area contributed by atoms with Crippen molar-refractivity contribution in [3.8, 4) is 0 Å². The van der Waals surface area contributed by atoms with Crippen LogP contribution < -0.4 is 5.32 Å². The van der Waals surface area contributed by atoms with Crippen LogP contribution in [0.2, 0.25) is 0 Å². The highest BCUT2D eigenvalue weighted by Crippen LogP contribution is 2.31. The Balaban J connectivity index is 1.61. The van der Waals surface area contributed by atoms with Crippen molar-refractivity contribution in [2.75, 3.05) is 19.6 Å². The van der Waals surface area contributed by atoms with Crippen LogP contribution in [0, 0.1) is 5.92 Å². The van der Waals surface area contributed by atoms with Crippen molar-refractivity contribution < 1.29 is 9.53 Å². The molecule has 0 aromatic carbocycles. The van der Waals surface area contributed by atoms with Gasteiger partial charge in [-0.05, 0) is 65.3 Å². The van der Waals surface area contributed by atoms with E-state index in [9.17, 15) is 4.79 Å². The van der Waals surface area contributed by atoms with E-state index in [0.717, 1.165) is 24.9 Å². The normalized spacial score (nSPS) is 25.1. The van der Waals surface area contributed by atoms with E-state index in [-0.39, 0.29) is 6.09 Å². The fraction of sp³-hybridized carbons (Fsp3) is 0.933. The van der Waals surface area contributed by atoms with Gasteiger partial charge < -0.3 is 15.0 Å². The highest BCUT2D eigenvalue weighted by atomic mass is 16.6. The lowest BCUT2D eigenvalue weighted by Crippen LogP contribution is -2.39. The number of likely N-dealkylation sites (tertiary alicyclic amines) is 1. The van der Waals surface area contributed by atoms with Crippen LogP contribution in [0.1, 0.15) is 52.9 Å². The van der Waals surface area contributed by atoms with Gasteiger partial charge in [-0.3, -0.25) is 0 Å². The molecule has 1 saturated heterocycles. The molecule has 0 aromatic heterocycles. The lowest BCUT2D eigenvalue weighted by atomic mass is 9.94. The molecule has 0 aromatic rings. The van der Waals surface area contributed by atoms with E-state index >= 15 is 0 Å². The minimum Gasteiger partial charge on any atom is -0.444 e. The minimum absolute atomic E-state index is 0.289. The van der Waals surface area contributed by atoms with Crippen molar-refractivity contribution in [1.82, 2.24) is 10.2 Å². The summed E-state index contributed by atoms with van der Waals surface area (Å²) in [5.74, 6) is 0.740. The second-order valence-corrected chi connectivity index (χ2v) is 6.95.